The van der Waals surface area contributed by atoms with Crippen molar-refractivity contribution in [2.75, 3.05) is 13.1 Å². The van der Waals surface area contributed by atoms with Gasteiger partial charge >= 0.3 is 5.97 Å². The number of aliphatic carboxylic acids is 1. The van der Waals surface area contributed by atoms with Gasteiger partial charge in [0.2, 0.25) is 0 Å². The summed E-state index contributed by atoms with van der Waals surface area (Å²) in [6.45, 7) is 1.45. The molecule has 0 radical (unpaired) electrons. The second-order valence-electron chi connectivity index (χ2n) is 2.90. The van der Waals surface area contributed by atoms with E-state index in [0.717, 1.165) is 22.8 Å². The summed E-state index contributed by atoms with van der Waals surface area (Å²) in [5.74, 6) is -0.904. The zero-order chi connectivity index (χ0) is 11.1. The lowest BCUT2D eigenvalue weighted by atomic mass is 10.3. The Labute approximate surface area is 101 Å². The molecule has 82 valence electrons. The number of nitrogens with one attached hydrogen (secondary N) is 1. The Balaban J connectivity index is 2.09. The number of hydrogen-bond acceptors (Lipinski definition) is 3. The second kappa shape index (κ2) is 6.76. The molecule has 0 saturated carbocycles. The molecule has 1 rings (SSSR count). The summed E-state index contributed by atoms with van der Waals surface area (Å²) in [5.41, 5.74) is 0. The smallest absolute Gasteiger partial charge is 0.328 e. The van der Waals surface area contributed by atoms with Gasteiger partial charge in [-0.1, -0.05) is 6.08 Å². The fraction of sp³-hybridized carbons (Fsp3) is 0.300. The van der Waals surface area contributed by atoms with Gasteiger partial charge in [0.25, 0.3) is 0 Å². The average Bonchev–Trinajstić information content (AvgIpc) is 2.57. The van der Waals surface area contributed by atoms with Gasteiger partial charge in [-0.25, -0.2) is 4.79 Å². The van der Waals surface area contributed by atoms with Crippen LogP contribution in [0.5, 0.6) is 0 Å². The number of halogens is 1. The van der Waals surface area contributed by atoms with Crippen LogP contribution >= 0.6 is 27.3 Å². The van der Waals surface area contributed by atoms with Gasteiger partial charge in [-0.15, -0.1) is 11.3 Å². The fourth-order valence-corrected chi connectivity index (χ4v) is 2.53. The highest BCUT2D eigenvalue weighted by Gasteiger charge is 1.96. The second-order valence-corrected chi connectivity index (χ2v) is 5.45. The highest BCUT2D eigenvalue weighted by Crippen LogP contribution is 2.21. The van der Waals surface area contributed by atoms with E-state index in [1.807, 2.05) is 6.07 Å². The highest BCUT2D eigenvalue weighted by molar-refractivity contribution is 9.11. The van der Waals surface area contributed by atoms with Crippen LogP contribution in [0.15, 0.2) is 28.1 Å². The summed E-state index contributed by atoms with van der Waals surface area (Å²) in [4.78, 5) is 11.5. The van der Waals surface area contributed by atoms with Gasteiger partial charge in [0.15, 0.2) is 0 Å². The molecular formula is C10H12BrNO2S. The van der Waals surface area contributed by atoms with Crippen molar-refractivity contribution in [1.29, 1.82) is 0 Å². The van der Waals surface area contributed by atoms with Crippen molar-refractivity contribution in [3.63, 3.8) is 0 Å². The molecular weight excluding hydrogens is 278 g/mol. The maximum absolute atomic E-state index is 10.1. The minimum Gasteiger partial charge on any atom is -0.478 e. The summed E-state index contributed by atoms with van der Waals surface area (Å²) >= 11 is 5.12. The van der Waals surface area contributed by atoms with E-state index >= 15 is 0 Å². The SMILES string of the molecule is O=C(O)/C=C/CNCCc1ccc(Br)s1. The maximum Gasteiger partial charge on any atom is 0.328 e. The first-order valence-corrected chi connectivity index (χ1v) is 6.14. The third-order valence-electron chi connectivity index (χ3n) is 1.70. The van der Waals surface area contributed by atoms with Gasteiger partial charge in [-0.05, 0) is 34.5 Å². The van der Waals surface area contributed by atoms with E-state index in [9.17, 15) is 4.79 Å². The van der Waals surface area contributed by atoms with Crippen LogP contribution in [0, 0.1) is 0 Å². The van der Waals surface area contributed by atoms with Crippen molar-refractivity contribution < 1.29 is 9.90 Å². The van der Waals surface area contributed by atoms with E-state index in [2.05, 4.69) is 27.3 Å². The van der Waals surface area contributed by atoms with Crippen molar-refractivity contribution in [2.45, 2.75) is 6.42 Å². The summed E-state index contributed by atoms with van der Waals surface area (Å²) < 4.78 is 1.14. The third kappa shape index (κ3) is 5.71. The molecule has 0 unspecified atom stereocenters. The van der Waals surface area contributed by atoms with Gasteiger partial charge < -0.3 is 10.4 Å². The highest BCUT2D eigenvalue weighted by atomic mass is 79.9. The van der Waals surface area contributed by atoms with E-state index in [1.54, 1.807) is 17.4 Å². The molecule has 0 aliphatic rings. The van der Waals surface area contributed by atoms with Crippen LogP contribution in [-0.2, 0) is 11.2 Å². The first-order chi connectivity index (χ1) is 7.18. The van der Waals surface area contributed by atoms with Crippen LogP contribution in [0.25, 0.3) is 0 Å². The van der Waals surface area contributed by atoms with Gasteiger partial charge in [0, 0.05) is 24.0 Å². The molecule has 5 heteroatoms. The monoisotopic (exact) mass is 289 g/mol. The van der Waals surface area contributed by atoms with Crippen LogP contribution in [0.1, 0.15) is 4.88 Å². The zero-order valence-corrected chi connectivity index (χ0v) is 10.5. The van der Waals surface area contributed by atoms with Crippen molar-refractivity contribution >= 4 is 33.2 Å². The molecule has 0 saturated heterocycles. The van der Waals surface area contributed by atoms with Crippen molar-refractivity contribution in [3.05, 3.63) is 32.9 Å². The van der Waals surface area contributed by atoms with E-state index in [0.29, 0.717) is 6.54 Å². The van der Waals surface area contributed by atoms with Crippen molar-refractivity contribution in [3.8, 4) is 0 Å². The minimum absolute atomic E-state index is 0.596. The van der Waals surface area contributed by atoms with Crippen LogP contribution < -0.4 is 5.32 Å². The predicted octanol–water partition coefficient (Wildman–Crippen LogP) is 2.28. The van der Waals surface area contributed by atoms with Crippen LogP contribution in [0.3, 0.4) is 0 Å². The van der Waals surface area contributed by atoms with E-state index < -0.39 is 5.97 Å². The molecule has 0 fully saturated rings. The average molecular weight is 290 g/mol. The molecule has 15 heavy (non-hydrogen) atoms. The Bertz CT molecular complexity index is 349. The molecule has 0 aliphatic heterocycles. The Hall–Kier alpha value is -0.650. The number of carboxylic acids is 1. The van der Waals surface area contributed by atoms with Gasteiger partial charge in [0.1, 0.15) is 0 Å². The van der Waals surface area contributed by atoms with Gasteiger partial charge in [-0.3, -0.25) is 0 Å². The molecule has 1 aromatic rings. The minimum atomic E-state index is -0.904. The number of carboxylic acid groups (broad SMARTS) is 1. The lowest BCUT2D eigenvalue weighted by Gasteiger charge is -1.98. The molecule has 3 nitrogen and oxygen atoms in total. The topological polar surface area (TPSA) is 49.3 Å². The predicted molar refractivity (Wildman–Crippen MR) is 65.4 cm³/mol. The summed E-state index contributed by atoms with van der Waals surface area (Å²) in [6, 6.07) is 4.12. The number of thiophene rings is 1. The van der Waals surface area contributed by atoms with Gasteiger partial charge in [0.05, 0.1) is 3.79 Å². The summed E-state index contributed by atoms with van der Waals surface area (Å²) in [7, 11) is 0. The lowest BCUT2D eigenvalue weighted by Crippen LogP contribution is -2.16. The largest absolute Gasteiger partial charge is 0.478 e. The maximum atomic E-state index is 10.1. The summed E-state index contributed by atoms with van der Waals surface area (Å²) in [5, 5.41) is 11.5. The van der Waals surface area contributed by atoms with Crippen LogP contribution in [-0.4, -0.2) is 24.2 Å². The van der Waals surface area contributed by atoms with Gasteiger partial charge in [-0.2, -0.15) is 0 Å². The zero-order valence-electron chi connectivity index (χ0n) is 8.07. The first-order valence-electron chi connectivity index (χ1n) is 4.53. The first kappa shape index (κ1) is 12.4. The molecule has 0 atom stereocenters. The standard InChI is InChI=1S/C10H12BrNO2S/c11-9-4-3-8(15-9)5-7-12-6-1-2-10(13)14/h1-4,12H,5-7H2,(H,13,14)/b2-1+. The van der Waals surface area contributed by atoms with Crippen LogP contribution in [0.2, 0.25) is 0 Å². The van der Waals surface area contributed by atoms with E-state index in [-0.39, 0.29) is 0 Å². The number of rotatable bonds is 6. The normalized spacial score (nSPS) is 11.0. The molecule has 0 amide bonds. The molecule has 1 aromatic heterocycles. The Kier molecular flexibility index (Phi) is 5.60. The quantitative estimate of drug-likeness (QED) is 0.624. The van der Waals surface area contributed by atoms with Crippen molar-refractivity contribution in [1.82, 2.24) is 5.32 Å². The molecule has 1 heterocycles. The molecule has 2 N–H and O–H groups in total. The number of hydrogen-bond donors (Lipinski definition) is 2. The lowest BCUT2D eigenvalue weighted by molar-refractivity contribution is -0.131. The molecule has 0 aromatic carbocycles. The molecule has 0 spiro atoms. The molecule has 0 bridgehead atoms. The van der Waals surface area contributed by atoms with E-state index in [1.165, 1.54) is 4.88 Å². The van der Waals surface area contributed by atoms with E-state index in [4.69, 9.17) is 5.11 Å². The molecule has 0 aliphatic carbocycles. The summed E-state index contributed by atoms with van der Waals surface area (Å²) in [6.07, 6.45) is 3.72. The number of carbonyl (C=O) groups is 1. The fourth-order valence-electron chi connectivity index (χ4n) is 1.04. The van der Waals surface area contributed by atoms with Crippen LogP contribution in [0.4, 0.5) is 0 Å². The third-order valence-corrected chi connectivity index (χ3v) is 3.38. The Morgan fingerprint density at radius 2 is 2.40 bits per heavy atom. The Morgan fingerprint density at radius 3 is 3.00 bits per heavy atom. The Morgan fingerprint density at radius 1 is 1.60 bits per heavy atom. The van der Waals surface area contributed by atoms with Crippen molar-refractivity contribution in [2.24, 2.45) is 0 Å².